The molecule has 2 aromatic rings. The van der Waals surface area contributed by atoms with E-state index in [1.165, 1.54) is 12.1 Å². The molecule has 29 heavy (non-hydrogen) atoms. The Hall–Kier alpha value is -2.61. The van der Waals surface area contributed by atoms with E-state index in [0.29, 0.717) is 74.7 Å². The van der Waals surface area contributed by atoms with E-state index in [1.807, 2.05) is 18.7 Å². The summed E-state index contributed by atoms with van der Waals surface area (Å²) in [6.45, 7) is 6.99. The number of hydrogen-bond acceptors (Lipinski definition) is 5. The standard InChI is InChI=1S/C21H25FN4O3/c1-13-14(2)24-19-17(11-16(22)12-18(19)23-13)21(28)25-5-3-15(4-6-25)20(27)26-7-9-29-10-8-26/h11-12,15H,3-10H2,1-2H3. The van der Waals surface area contributed by atoms with Crippen LogP contribution in [0.15, 0.2) is 12.1 Å². The Morgan fingerprint density at radius 1 is 1.00 bits per heavy atom. The molecule has 0 N–H and O–H groups in total. The third kappa shape index (κ3) is 3.94. The van der Waals surface area contributed by atoms with E-state index < -0.39 is 5.82 Å². The largest absolute Gasteiger partial charge is 0.378 e. The van der Waals surface area contributed by atoms with Crippen molar-refractivity contribution in [2.45, 2.75) is 26.7 Å². The SMILES string of the molecule is Cc1nc2cc(F)cc(C(=O)N3CCC(C(=O)N4CCOCC4)CC3)c2nc1C. The molecule has 1 aromatic carbocycles. The molecule has 2 aliphatic rings. The van der Waals surface area contributed by atoms with Gasteiger partial charge in [-0.1, -0.05) is 0 Å². The summed E-state index contributed by atoms with van der Waals surface area (Å²) < 4.78 is 19.4. The van der Waals surface area contributed by atoms with Gasteiger partial charge in [0.2, 0.25) is 5.91 Å². The fourth-order valence-corrected chi connectivity index (χ4v) is 4.00. The van der Waals surface area contributed by atoms with Crippen molar-refractivity contribution in [1.29, 1.82) is 0 Å². The van der Waals surface area contributed by atoms with Crippen molar-refractivity contribution >= 4 is 22.8 Å². The molecule has 2 fully saturated rings. The predicted molar refractivity (Wildman–Crippen MR) is 105 cm³/mol. The summed E-state index contributed by atoms with van der Waals surface area (Å²) in [5.74, 6) is -0.695. The van der Waals surface area contributed by atoms with Crippen LogP contribution >= 0.6 is 0 Å². The van der Waals surface area contributed by atoms with E-state index >= 15 is 0 Å². The topological polar surface area (TPSA) is 75.6 Å². The van der Waals surface area contributed by atoms with Crippen LogP contribution in [0, 0.1) is 25.6 Å². The number of aromatic nitrogens is 2. The lowest BCUT2D eigenvalue weighted by Gasteiger charge is -2.35. The molecule has 0 radical (unpaired) electrons. The number of halogens is 1. The summed E-state index contributed by atoms with van der Waals surface area (Å²) in [6, 6.07) is 2.54. The van der Waals surface area contributed by atoms with Crippen LogP contribution in [0.1, 0.15) is 34.6 Å². The zero-order valence-corrected chi connectivity index (χ0v) is 16.8. The Kier molecular flexibility index (Phi) is 5.45. The van der Waals surface area contributed by atoms with Crippen LogP contribution in [-0.4, -0.2) is 71.0 Å². The van der Waals surface area contributed by atoms with Crippen LogP contribution in [0.5, 0.6) is 0 Å². The van der Waals surface area contributed by atoms with E-state index in [9.17, 15) is 14.0 Å². The lowest BCUT2D eigenvalue weighted by atomic mass is 9.94. The van der Waals surface area contributed by atoms with Gasteiger partial charge in [0.15, 0.2) is 0 Å². The molecule has 0 aliphatic carbocycles. The van der Waals surface area contributed by atoms with Gasteiger partial charge in [-0.3, -0.25) is 9.59 Å². The molecule has 4 rings (SSSR count). The minimum Gasteiger partial charge on any atom is -0.378 e. The quantitative estimate of drug-likeness (QED) is 0.772. The van der Waals surface area contributed by atoms with Crippen LogP contribution in [0.2, 0.25) is 0 Å². The van der Waals surface area contributed by atoms with Crippen LogP contribution in [-0.2, 0) is 9.53 Å². The molecule has 0 atom stereocenters. The molecule has 7 nitrogen and oxygen atoms in total. The molecule has 8 heteroatoms. The summed E-state index contributed by atoms with van der Waals surface area (Å²) in [7, 11) is 0. The van der Waals surface area contributed by atoms with Crippen LogP contribution in [0.3, 0.4) is 0 Å². The number of carbonyl (C=O) groups is 2. The van der Waals surface area contributed by atoms with Crippen molar-refractivity contribution in [1.82, 2.24) is 19.8 Å². The number of likely N-dealkylation sites (tertiary alicyclic amines) is 1. The molecule has 154 valence electrons. The molecular weight excluding hydrogens is 375 g/mol. The van der Waals surface area contributed by atoms with Gasteiger partial charge >= 0.3 is 0 Å². The summed E-state index contributed by atoms with van der Waals surface area (Å²) in [4.78, 5) is 38.2. The number of aryl methyl sites for hydroxylation is 2. The lowest BCUT2D eigenvalue weighted by molar-refractivity contribution is -0.141. The van der Waals surface area contributed by atoms with Gasteiger partial charge in [-0.2, -0.15) is 0 Å². The minimum absolute atomic E-state index is 0.0777. The van der Waals surface area contributed by atoms with E-state index in [0.717, 1.165) is 0 Å². The lowest BCUT2D eigenvalue weighted by Crippen LogP contribution is -2.47. The highest BCUT2D eigenvalue weighted by Crippen LogP contribution is 2.25. The van der Waals surface area contributed by atoms with Crippen LogP contribution < -0.4 is 0 Å². The molecule has 2 amide bonds. The second-order valence-electron chi connectivity index (χ2n) is 7.72. The zero-order chi connectivity index (χ0) is 20.5. The average molecular weight is 400 g/mol. The highest BCUT2D eigenvalue weighted by Gasteiger charge is 2.32. The molecule has 1 aromatic heterocycles. The highest BCUT2D eigenvalue weighted by atomic mass is 19.1. The monoisotopic (exact) mass is 400 g/mol. The zero-order valence-electron chi connectivity index (χ0n) is 16.8. The number of piperidine rings is 1. The first-order valence-corrected chi connectivity index (χ1v) is 10.0. The number of rotatable bonds is 2. The van der Waals surface area contributed by atoms with Crippen LogP contribution in [0.25, 0.3) is 11.0 Å². The van der Waals surface area contributed by atoms with Crippen molar-refractivity contribution in [2.75, 3.05) is 39.4 Å². The molecule has 3 heterocycles. The van der Waals surface area contributed by atoms with E-state index in [2.05, 4.69) is 9.97 Å². The molecule has 0 spiro atoms. The first-order valence-electron chi connectivity index (χ1n) is 10.0. The van der Waals surface area contributed by atoms with E-state index in [1.54, 1.807) is 4.90 Å². The number of fused-ring (bicyclic) bond motifs is 1. The summed E-state index contributed by atoms with van der Waals surface area (Å²) in [6.07, 6.45) is 1.22. The second-order valence-corrected chi connectivity index (χ2v) is 7.72. The van der Waals surface area contributed by atoms with Gasteiger partial charge in [-0.15, -0.1) is 0 Å². The van der Waals surface area contributed by atoms with Crippen molar-refractivity contribution in [3.05, 3.63) is 34.9 Å². The number of benzene rings is 1. The van der Waals surface area contributed by atoms with Crippen molar-refractivity contribution in [3.8, 4) is 0 Å². The Bertz CT molecular complexity index is 951. The summed E-state index contributed by atoms with van der Waals surface area (Å²) in [5, 5.41) is 0. The van der Waals surface area contributed by atoms with Crippen molar-refractivity contribution in [3.63, 3.8) is 0 Å². The van der Waals surface area contributed by atoms with E-state index in [4.69, 9.17) is 4.74 Å². The Labute approximate surface area is 168 Å². The van der Waals surface area contributed by atoms with Gasteiger partial charge in [0.1, 0.15) is 11.3 Å². The Morgan fingerprint density at radius 2 is 1.66 bits per heavy atom. The fourth-order valence-electron chi connectivity index (χ4n) is 4.00. The van der Waals surface area contributed by atoms with Gasteiger partial charge in [-0.25, -0.2) is 14.4 Å². The maximum atomic E-state index is 14.1. The average Bonchev–Trinajstić information content (AvgIpc) is 2.74. The molecule has 2 aliphatic heterocycles. The van der Waals surface area contributed by atoms with Gasteiger partial charge in [0.05, 0.1) is 35.7 Å². The number of carbonyl (C=O) groups excluding carboxylic acids is 2. The highest BCUT2D eigenvalue weighted by molar-refractivity contribution is 6.04. The maximum absolute atomic E-state index is 14.1. The molecule has 0 saturated carbocycles. The maximum Gasteiger partial charge on any atom is 0.256 e. The van der Waals surface area contributed by atoms with Gasteiger partial charge in [0, 0.05) is 38.2 Å². The fraction of sp³-hybridized carbons (Fsp3) is 0.524. The van der Waals surface area contributed by atoms with E-state index in [-0.39, 0.29) is 23.3 Å². The van der Waals surface area contributed by atoms with Crippen LogP contribution in [0.4, 0.5) is 4.39 Å². The Morgan fingerprint density at radius 3 is 2.34 bits per heavy atom. The minimum atomic E-state index is -0.504. The molecular formula is C21H25FN4O3. The number of amides is 2. The number of morpholine rings is 1. The number of ether oxygens (including phenoxy) is 1. The Balaban J connectivity index is 1.50. The molecule has 2 saturated heterocycles. The smallest absolute Gasteiger partial charge is 0.256 e. The molecule has 0 unspecified atom stereocenters. The number of nitrogens with zero attached hydrogens (tertiary/aromatic N) is 4. The normalized spacial score (nSPS) is 18.3. The summed E-state index contributed by atoms with van der Waals surface area (Å²) in [5.41, 5.74) is 2.46. The van der Waals surface area contributed by atoms with Crippen molar-refractivity contribution in [2.24, 2.45) is 5.92 Å². The van der Waals surface area contributed by atoms with Gasteiger partial charge < -0.3 is 14.5 Å². The third-order valence-electron chi connectivity index (χ3n) is 5.83. The number of hydrogen-bond donors (Lipinski definition) is 0. The summed E-state index contributed by atoms with van der Waals surface area (Å²) >= 11 is 0. The van der Waals surface area contributed by atoms with Crippen molar-refractivity contribution < 1.29 is 18.7 Å². The van der Waals surface area contributed by atoms with Gasteiger partial charge in [0.25, 0.3) is 5.91 Å². The first-order chi connectivity index (χ1) is 13.9. The first kappa shape index (κ1) is 19.7. The second kappa shape index (κ2) is 8.02. The molecule has 0 bridgehead atoms. The predicted octanol–water partition coefficient (Wildman–Crippen LogP) is 2.10. The van der Waals surface area contributed by atoms with Gasteiger partial charge in [-0.05, 0) is 32.8 Å². The third-order valence-corrected chi connectivity index (χ3v) is 5.83.